The molecular formula is C11H8N4O4S. The molecule has 0 saturated carbocycles. The Hall–Kier alpha value is -2.00. The van der Waals surface area contributed by atoms with Gasteiger partial charge in [0.15, 0.2) is 24.1 Å². The van der Waals surface area contributed by atoms with Crippen molar-refractivity contribution in [2.75, 3.05) is 0 Å². The lowest BCUT2D eigenvalue weighted by molar-refractivity contribution is -0.0431. The molecule has 2 bridgehead atoms. The Labute approximate surface area is 116 Å². The topological polar surface area (TPSA) is 80.4 Å². The molecule has 20 heavy (non-hydrogen) atoms. The van der Waals surface area contributed by atoms with Gasteiger partial charge in [0, 0.05) is 18.3 Å². The predicted molar refractivity (Wildman–Crippen MR) is 68.0 cm³/mol. The van der Waals surface area contributed by atoms with Crippen LogP contribution in [0.25, 0.3) is 11.2 Å². The summed E-state index contributed by atoms with van der Waals surface area (Å²) < 4.78 is 20.1. The third kappa shape index (κ3) is 1.15. The monoisotopic (exact) mass is 292 g/mol. The largest absolute Gasteiger partial charge is 0.447 e. The fourth-order valence-corrected chi connectivity index (χ4v) is 3.35. The number of ether oxygens (including phenoxy) is 3. The summed E-state index contributed by atoms with van der Waals surface area (Å²) >= 11 is 4.95. The highest BCUT2D eigenvalue weighted by atomic mass is 32.1. The van der Waals surface area contributed by atoms with Gasteiger partial charge in [0.05, 0.1) is 6.54 Å². The molecule has 102 valence electrons. The van der Waals surface area contributed by atoms with Crippen LogP contribution in [0.15, 0.2) is 16.9 Å². The zero-order valence-electron chi connectivity index (χ0n) is 10.0. The Morgan fingerprint density at radius 1 is 1.30 bits per heavy atom. The minimum atomic E-state index is -0.568. The maximum atomic E-state index is 12.2. The number of thiocarbonyl (C=S) groups is 1. The van der Waals surface area contributed by atoms with E-state index in [1.54, 1.807) is 10.7 Å². The molecule has 5 rings (SSSR count). The Kier molecular flexibility index (Phi) is 1.80. The number of nitrogens with zero attached hydrogens (tertiary/aromatic N) is 4. The maximum absolute atomic E-state index is 12.2. The van der Waals surface area contributed by atoms with Gasteiger partial charge in [0.25, 0.3) is 5.56 Å². The Morgan fingerprint density at radius 3 is 3.05 bits per heavy atom. The van der Waals surface area contributed by atoms with Gasteiger partial charge >= 0.3 is 5.24 Å². The second-order valence-electron chi connectivity index (χ2n) is 5.00. The summed E-state index contributed by atoms with van der Waals surface area (Å²) in [6.07, 6.45) is -1.55. The van der Waals surface area contributed by atoms with E-state index in [9.17, 15) is 4.79 Å². The Bertz CT molecular complexity index is 814. The van der Waals surface area contributed by atoms with Crippen LogP contribution in [0.2, 0.25) is 0 Å². The van der Waals surface area contributed by atoms with Crippen LogP contribution in [0.1, 0.15) is 6.23 Å². The third-order valence-corrected chi connectivity index (χ3v) is 4.13. The van der Waals surface area contributed by atoms with E-state index in [1.165, 1.54) is 10.6 Å². The number of aromatic nitrogens is 4. The first-order valence-electron chi connectivity index (χ1n) is 6.20. The molecule has 0 aliphatic carbocycles. The lowest BCUT2D eigenvalue weighted by Crippen LogP contribution is -2.36. The molecule has 2 saturated heterocycles. The second kappa shape index (κ2) is 3.36. The molecule has 3 aliphatic heterocycles. The molecule has 9 heteroatoms. The van der Waals surface area contributed by atoms with Crippen molar-refractivity contribution >= 4 is 28.6 Å². The molecule has 2 fully saturated rings. The highest BCUT2D eigenvalue weighted by Crippen LogP contribution is 2.40. The van der Waals surface area contributed by atoms with E-state index in [2.05, 4.69) is 10.3 Å². The average molecular weight is 292 g/mol. The fourth-order valence-electron chi connectivity index (χ4n) is 3.13. The first-order valence-corrected chi connectivity index (χ1v) is 6.61. The Morgan fingerprint density at radius 2 is 2.15 bits per heavy atom. The molecule has 2 aromatic heterocycles. The normalized spacial score (nSPS) is 33.7. The molecule has 2 unspecified atom stereocenters. The summed E-state index contributed by atoms with van der Waals surface area (Å²) in [6, 6.07) is 3.11. The van der Waals surface area contributed by atoms with E-state index in [-0.39, 0.29) is 23.0 Å². The van der Waals surface area contributed by atoms with Crippen molar-refractivity contribution in [2.45, 2.75) is 31.1 Å². The quantitative estimate of drug-likeness (QED) is 0.610. The SMILES string of the molecule is O=c1ccc2nnn3c2n1[C@@H]1O[C@H](C3)C2OC(=S)OC21. The standard InChI is InChI=1S/C11H8N4O4S/c16-6-2-1-4-9-14(13-12-4)3-5-7-8(19-11(20)18-7)10(17-5)15(6)9/h1-2,5,7-8,10H,3H2/t5-,7?,8?,10-/m1/s1. The summed E-state index contributed by atoms with van der Waals surface area (Å²) in [7, 11) is 0. The van der Waals surface area contributed by atoms with Crippen molar-refractivity contribution in [1.29, 1.82) is 0 Å². The van der Waals surface area contributed by atoms with Crippen molar-refractivity contribution in [1.82, 2.24) is 19.6 Å². The van der Waals surface area contributed by atoms with E-state index >= 15 is 0 Å². The van der Waals surface area contributed by atoms with E-state index in [0.29, 0.717) is 17.7 Å². The molecule has 4 atom stereocenters. The predicted octanol–water partition coefficient (Wildman–Crippen LogP) is -0.427. The van der Waals surface area contributed by atoms with Gasteiger partial charge in [-0.3, -0.25) is 9.36 Å². The summed E-state index contributed by atoms with van der Waals surface area (Å²) in [4.78, 5) is 12.2. The smallest absolute Gasteiger partial charge is 0.353 e. The van der Waals surface area contributed by atoms with Gasteiger partial charge in [0.2, 0.25) is 0 Å². The van der Waals surface area contributed by atoms with Crippen LogP contribution in [0.4, 0.5) is 0 Å². The average Bonchev–Trinajstić information content (AvgIpc) is 3.02. The van der Waals surface area contributed by atoms with Gasteiger partial charge in [-0.05, 0) is 6.07 Å². The van der Waals surface area contributed by atoms with Crippen LogP contribution in [-0.2, 0) is 20.8 Å². The van der Waals surface area contributed by atoms with E-state index < -0.39 is 12.3 Å². The maximum Gasteiger partial charge on any atom is 0.353 e. The number of rotatable bonds is 0. The van der Waals surface area contributed by atoms with Crippen molar-refractivity contribution in [3.05, 3.63) is 22.5 Å². The number of hydrogen-bond donors (Lipinski definition) is 0. The van der Waals surface area contributed by atoms with Crippen LogP contribution in [-0.4, -0.2) is 43.1 Å². The highest BCUT2D eigenvalue weighted by Gasteiger charge is 2.55. The summed E-state index contributed by atoms with van der Waals surface area (Å²) in [5.74, 6) is 0. The summed E-state index contributed by atoms with van der Waals surface area (Å²) in [5.41, 5.74) is 1.11. The fraction of sp³-hybridized carbons (Fsp3) is 0.455. The Balaban J connectivity index is 1.82. The van der Waals surface area contributed by atoms with Crippen LogP contribution >= 0.6 is 12.2 Å². The number of hydrogen-bond acceptors (Lipinski definition) is 7. The van der Waals surface area contributed by atoms with E-state index in [4.69, 9.17) is 26.4 Å². The molecule has 2 aromatic rings. The number of pyridine rings is 1. The first-order chi connectivity index (χ1) is 9.72. The molecule has 0 radical (unpaired) electrons. The molecule has 3 aliphatic rings. The van der Waals surface area contributed by atoms with Gasteiger partial charge in [-0.1, -0.05) is 5.21 Å². The first kappa shape index (κ1) is 10.7. The van der Waals surface area contributed by atoms with Crippen LogP contribution < -0.4 is 5.56 Å². The zero-order chi connectivity index (χ0) is 13.4. The third-order valence-electron chi connectivity index (χ3n) is 3.94. The van der Waals surface area contributed by atoms with Gasteiger partial charge < -0.3 is 14.2 Å². The molecular weight excluding hydrogens is 284 g/mol. The summed E-state index contributed by atoms with van der Waals surface area (Å²) in [5, 5.41) is 8.25. The minimum absolute atomic E-state index is 0.108. The number of fused-ring (bicyclic) bond motifs is 6. The molecule has 0 aromatic carbocycles. The van der Waals surface area contributed by atoms with Crippen molar-refractivity contribution in [3.63, 3.8) is 0 Å². The van der Waals surface area contributed by atoms with Crippen LogP contribution in [0, 0.1) is 0 Å². The van der Waals surface area contributed by atoms with Crippen molar-refractivity contribution < 1.29 is 14.2 Å². The molecule has 0 N–H and O–H groups in total. The minimum Gasteiger partial charge on any atom is -0.447 e. The summed E-state index contributed by atoms with van der Waals surface area (Å²) in [6.45, 7) is 0.448. The van der Waals surface area contributed by atoms with Crippen molar-refractivity contribution in [3.8, 4) is 0 Å². The van der Waals surface area contributed by atoms with Gasteiger partial charge in [-0.15, -0.1) is 5.10 Å². The second-order valence-corrected chi connectivity index (χ2v) is 5.34. The lowest BCUT2D eigenvalue weighted by Gasteiger charge is -2.18. The van der Waals surface area contributed by atoms with Crippen molar-refractivity contribution in [2.24, 2.45) is 0 Å². The lowest BCUT2D eigenvalue weighted by atomic mass is 10.1. The van der Waals surface area contributed by atoms with Gasteiger partial charge in [-0.2, -0.15) is 0 Å². The molecule has 8 nitrogen and oxygen atoms in total. The van der Waals surface area contributed by atoms with E-state index in [0.717, 1.165) is 0 Å². The van der Waals surface area contributed by atoms with E-state index in [1.807, 2.05) is 0 Å². The zero-order valence-corrected chi connectivity index (χ0v) is 10.8. The molecule has 5 heterocycles. The molecule has 0 spiro atoms. The van der Waals surface area contributed by atoms with Gasteiger partial charge in [0.1, 0.15) is 11.6 Å². The van der Waals surface area contributed by atoms with Gasteiger partial charge in [-0.25, -0.2) is 4.68 Å². The van der Waals surface area contributed by atoms with Crippen LogP contribution in [0.5, 0.6) is 0 Å². The van der Waals surface area contributed by atoms with Crippen LogP contribution in [0.3, 0.4) is 0 Å². The molecule has 0 amide bonds. The highest BCUT2D eigenvalue weighted by molar-refractivity contribution is 7.79.